The molecule has 124 valence electrons. The van der Waals surface area contributed by atoms with Gasteiger partial charge in [-0.3, -0.25) is 9.89 Å². The molecule has 1 N–H and O–H groups in total. The molecule has 2 fully saturated rings. The monoisotopic (exact) mass is 323 g/mol. The number of allylic oxidation sites excluding steroid dienone is 1. The summed E-state index contributed by atoms with van der Waals surface area (Å²) in [5.74, 6) is 1.59. The van der Waals surface area contributed by atoms with Gasteiger partial charge in [-0.2, -0.15) is 10.2 Å². The molecule has 7 nitrogen and oxygen atoms in total. The largest absolute Gasteiger partial charge is 0.353 e. The van der Waals surface area contributed by atoms with Gasteiger partial charge in [0.05, 0.1) is 18.3 Å². The minimum Gasteiger partial charge on any atom is -0.353 e. The van der Waals surface area contributed by atoms with E-state index in [0.29, 0.717) is 24.5 Å². The number of nitrogens with one attached hydrogen (secondary N) is 1. The van der Waals surface area contributed by atoms with Gasteiger partial charge < -0.3 is 10.2 Å². The first-order chi connectivity index (χ1) is 11.8. The standard InChI is InChI=1S/C17H21N7/c18-6-1-9-24-14-2-3-15(24)12-23(11-14)16-5-8-20-17(22-16)21-13-4-7-19-10-13/h4-5,8,10,14-15H,1-3,7,9,11-12H2,(H,20,21,22)/t14-,15+. The average Bonchev–Trinajstić information content (AvgIpc) is 3.18. The molecule has 0 spiro atoms. The van der Waals surface area contributed by atoms with Crippen molar-refractivity contribution in [2.75, 3.05) is 36.4 Å². The van der Waals surface area contributed by atoms with Crippen molar-refractivity contribution in [2.24, 2.45) is 4.99 Å². The zero-order valence-electron chi connectivity index (χ0n) is 13.6. The molecule has 0 unspecified atom stereocenters. The van der Waals surface area contributed by atoms with Crippen LogP contribution >= 0.6 is 0 Å². The predicted octanol–water partition coefficient (Wildman–Crippen LogP) is 1.42. The number of fused-ring (bicyclic) bond motifs is 2. The van der Waals surface area contributed by atoms with Crippen molar-refractivity contribution in [2.45, 2.75) is 31.3 Å². The third-order valence-electron chi connectivity index (χ3n) is 4.98. The number of piperazine rings is 1. The fourth-order valence-corrected chi connectivity index (χ4v) is 3.87. The molecular weight excluding hydrogens is 302 g/mol. The smallest absolute Gasteiger partial charge is 0.229 e. The molecule has 4 rings (SSSR count). The van der Waals surface area contributed by atoms with Gasteiger partial charge in [0.25, 0.3) is 0 Å². The molecule has 1 aromatic heterocycles. The van der Waals surface area contributed by atoms with E-state index >= 15 is 0 Å². The van der Waals surface area contributed by atoms with Crippen LogP contribution in [-0.4, -0.2) is 59.3 Å². The molecule has 2 atom stereocenters. The van der Waals surface area contributed by atoms with Crippen molar-refractivity contribution in [3.8, 4) is 6.07 Å². The van der Waals surface area contributed by atoms with Crippen LogP contribution in [0.4, 0.5) is 11.8 Å². The van der Waals surface area contributed by atoms with E-state index in [2.05, 4.69) is 36.1 Å². The van der Waals surface area contributed by atoms with Crippen LogP contribution in [0.25, 0.3) is 0 Å². The molecule has 3 aliphatic heterocycles. The van der Waals surface area contributed by atoms with Crippen LogP contribution in [0.3, 0.4) is 0 Å². The highest BCUT2D eigenvalue weighted by Gasteiger charge is 2.39. The molecule has 0 radical (unpaired) electrons. The Morgan fingerprint density at radius 3 is 2.83 bits per heavy atom. The summed E-state index contributed by atoms with van der Waals surface area (Å²) in [7, 11) is 0. The van der Waals surface area contributed by atoms with Gasteiger partial charge in [0.1, 0.15) is 5.82 Å². The van der Waals surface area contributed by atoms with Gasteiger partial charge in [-0.15, -0.1) is 0 Å². The summed E-state index contributed by atoms with van der Waals surface area (Å²) in [5.41, 5.74) is 0.952. The van der Waals surface area contributed by atoms with Crippen LogP contribution in [0.2, 0.25) is 0 Å². The van der Waals surface area contributed by atoms with Gasteiger partial charge in [0.15, 0.2) is 0 Å². The van der Waals surface area contributed by atoms with Gasteiger partial charge in [0, 0.05) is 50.6 Å². The van der Waals surface area contributed by atoms with Gasteiger partial charge >= 0.3 is 0 Å². The molecule has 2 saturated heterocycles. The number of aliphatic imine (C=N–C) groups is 1. The first kappa shape index (κ1) is 15.1. The number of hydrogen-bond acceptors (Lipinski definition) is 7. The zero-order valence-corrected chi connectivity index (χ0v) is 13.6. The van der Waals surface area contributed by atoms with E-state index in [-0.39, 0.29) is 0 Å². The highest BCUT2D eigenvalue weighted by atomic mass is 15.3. The number of hydrogen-bond donors (Lipinski definition) is 1. The maximum Gasteiger partial charge on any atom is 0.229 e. The van der Waals surface area contributed by atoms with Gasteiger partial charge in [-0.05, 0) is 25.0 Å². The summed E-state index contributed by atoms with van der Waals surface area (Å²) in [4.78, 5) is 18.0. The number of rotatable bonds is 5. The van der Waals surface area contributed by atoms with Gasteiger partial charge in [-0.1, -0.05) is 0 Å². The molecule has 3 aliphatic rings. The molecule has 4 heterocycles. The number of nitriles is 1. The number of aromatic nitrogens is 2. The van der Waals surface area contributed by atoms with E-state index in [1.165, 1.54) is 12.8 Å². The van der Waals surface area contributed by atoms with Crippen molar-refractivity contribution in [3.05, 3.63) is 24.0 Å². The SMILES string of the molecule is N#CCCN1[C@@H]2CC[C@H]1CN(c1ccnc(NC3=CCN=C3)n1)C2. The number of anilines is 2. The van der Waals surface area contributed by atoms with E-state index in [9.17, 15) is 0 Å². The Kier molecular flexibility index (Phi) is 4.13. The zero-order chi connectivity index (χ0) is 16.4. The first-order valence-electron chi connectivity index (χ1n) is 8.51. The fraction of sp³-hybridized carbons (Fsp3) is 0.529. The minimum absolute atomic E-state index is 0.535. The Bertz CT molecular complexity index is 691. The normalized spacial score (nSPS) is 25.6. The number of nitrogens with zero attached hydrogens (tertiary/aromatic N) is 6. The molecule has 1 aromatic rings. The Labute approximate surface area is 141 Å². The quantitative estimate of drug-likeness (QED) is 0.883. The van der Waals surface area contributed by atoms with Gasteiger partial charge in [0.2, 0.25) is 5.95 Å². The second-order valence-electron chi connectivity index (χ2n) is 6.45. The maximum absolute atomic E-state index is 8.84. The van der Waals surface area contributed by atoms with Crippen LogP contribution in [-0.2, 0) is 0 Å². The summed E-state index contributed by atoms with van der Waals surface area (Å²) in [6, 6.07) is 5.32. The van der Waals surface area contributed by atoms with Crippen molar-refractivity contribution in [1.82, 2.24) is 14.9 Å². The van der Waals surface area contributed by atoms with Crippen LogP contribution in [0.5, 0.6) is 0 Å². The van der Waals surface area contributed by atoms with Crippen LogP contribution in [0.15, 0.2) is 29.0 Å². The minimum atomic E-state index is 0.535. The van der Waals surface area contributed by atoms with Crippen molar-refractivity contribution < 1.29 is 0 Å². The lowest BCUT2D eigenvalue weighted by molar-refractivity contribution is 0.173. The first-order valence-corrected chi connectivity index (χ1v) is 8.51. The lowest BCUT2D eigenvalue weighted by atomic mass is 10.1. The highest BCUT2D eigenvalue weighted by Crippen LogP contribution is 2.32. The summed E-state index contributed by atoms with van der Waals surface area (Å²) in [5, 5.41) is 12.1. The topological polar surface area (TPSA) is 80.4 Å². The lowest BCUT2D eigenvalue weighted by Gasteiger charge is -2.41. The molecule has 24 heavy (non-hydrogen) atoms. The van der Waals surface area contributed by atoms with Crippen molar-refractivity contribution in [1.29, 1.82) is 5.26 Å². The summed E-state index contributed by atoms with van der Waals surface area (Å²) in [6.45, 7) is 3.56. The van der Waals surface area contributed by atoms with E-state index in [1.807, 2.05) is 18.4 Å². The summed E-state index contributed by atoms with van der Waals surface area (Å²) >= 11 is 0. The molecular formula is C17H21N7. The third kappa shape index (κ3) is 2.97. The second-order valence-corrected chi connectivity index (χ2v) is 6.45. The van der Waals surface area contributed by atoms with Crippen molar-refractivity contribution >= 4 is 18.0 Å². The van der Waals surface area contributed by atoms with Gasteiger partial charge in [-0.25, -0.2) is 4.98 Å². The van der Waals surface area contributed by atoms with E-state index in [4.69, 9.17) is 5.26 Å². The Morgan fingerprint density at radius 1 is 1.29 bits per heavy atom. The lowest BCUT2D eigenvalue weighted by Crippen LogP contribution is -2.54. The van der Waals surface area contributed by atoms with Crippen molar-refractivity contribution in [3.63, 3.8) is 0 Å². The van der Waals surface area contributed by atoms with E-state index in [0.717, 1.165) is 37.7 Å². The maximum atomic E-state index is 8.84. The molecule has 0 aromatic carbocycles. The molecule has 7 heteroatoms. The predicted molar refractivity (Wildman–Crippen MR) is 93.1 cm³/mol. The summed E-state index contributed by atoms with van der Waals surface area (Å²) in [6.07, 6.45) is 8.68. The Hall–Kier alpha value is -2.46. The molecule has 0 aliphatic carbocycles. The third-order valence-corrected chi connectivity index (χ3v) is 4.98. The Balaban J connectivity index is 1.45. The van der Waals surface area contributed by atoms with Crippen LogP contribution < -0.4 is 10.2 Å². The molecule has 0 amide bonds. The fourth-order valence-electron chi connectivity index (χ4n) is 3.87. The molecule has 0 saturated carbocycles. The highest BCUT2D eigenvalue weighted by molar-refractivity contribution is 5.84. The average molecular weight is 323 g/mol. The van der Waals surface area contributed by atoms with Crippen LogP contribution in [0, 0.1) is 11.3 Å². The summed E-state index contributed by atoms with van der Waals surface area (Å²) < 4.78 is 0. The van der Waals surface area contributed by atoms with E-state index < -0.39 is 0 Å². The molecule has 2 bridgehead atoms. The Morgan fingerprint density at radius 2 is 2.12 bits per heavy atom. The second kappa shape index (κ2) is 6.57. The van der Waals surface area contributed by atoms with E-state index in [1.54, 1.807) is 6.20 Å². The van der Waals surface area contributed by atoms with Crippen LogP contribution in [0.1, 0.15) is 19.3 Å².